The molecule has 20 heavy (non-hydrogen) atoms. The second-order valence-electron chi connectivity index (χ2n) is 4.96. The van der Waals surface area contributed by atoms with Gasteiger partial charge in [-0.2, -0.15) is 0 Å². The number of halogens is 2. The molecule has 0 fully saturated rings. The van der Waals surface area contributed by atoms with Gasteiger partial charge in [0.05, 0.1) is 10.2 Å². The molecule has 0 radical (unpaired) electrons. The first-order valence-electron chi connectivity index (χ1n) is 6.74. The number of aryl methyl sites for hydroxylation is 1. The average Bonchev–Trinajstić information content (AvgIpc) is 2.50. The maximum atomic E-state index is 14.6. The summed E-state index contributed by atoms with van der Waals surface area (Å²) in [7, 11) is 0. The van der Waals surface area contributed by atoms with Crippen LogP contribution in [0.3, 0.4) is 0 Å². The maximum absolute atomic E-state index is 14.6. The van der Waals surface area contributed by atoms with Crippen LogP contribution in [0, 0.1) is 5.82 Å². The van der Waals surface area contributed by atoms with Crippen LogP contribution in [0.5, 0.6) is 0 Å². The van der Waals surface area contributed by atoms with E-state index in [4.69, 9.17) is 5.73 Å². The van der Waals surface area contributed by atoms with Crippen molar-refractivity contribution in [2.75, 3.05) is 11.4 Å². The fourth-order valence-corrected chi connectivity index (χ4v) is 3.23. The second-order valence-corrected chi connectivity index (χ2v) is 5.75. The van der Waals surface area contributed by atoms with Gasteiger partial charge in [0, 0.05) is 18.8 Å². The lowest BCUT2D eigenvalue weighted by atomic mass is 10.0. The van der Waals surface area contributed by atoms with E-state index in [1.54, 1.807) is 0 Å². The van der Waals surface area contributed by atoms with Crippen molar-refractivity contribution in [1.82, 2.24) is 0 Å². The fourth-order valence-electron chi connectivity index (χ4n) is 2.73. The number of rotatable bonds is 2. The average molecular weight is 335 g/mol. The van der Waals surface area contributed by atoms with Crippen molar-refractivity contribution >= 4 is 27.3 Å². The Morgan fingerprint density at radius 2 is 1.95 bits per heavy atom. The van der Waals surface area contributed by atoms with Crippen molar-refractivity contribution < 1.29 is 4.39 Å². The molecule has 0 aliphatic carbocycles. The van der Waals surface area contributed by atoms with E-state index in [2.05, 4.69) is 33.0 Å². The molecule has 0 bridgehead atoms. The molecule has 3 rings (SSSR count). The third kappa shape index (κ3) is 2.23. The predicted octanol–water partition coefficient (Wildman–Crippen LogP) is 4.13. The lowest BCUT2D eigenvalue weighted by molar-refractivity contribution is 0.611. The summed E-state index contributed by atoms with van der Waals surface area (Å²) in [6, 6.07) is 11.9. The molecule has 0 amide bonds. The molecule has 0 aromatic heterocycles. The topological polar surface area (TPSA) is 29.3 Å². The Hall–Kier alpha value is -1.39. The minimum absolute atomic E-state index is 0.232. The van der Waals surface area contributed by atoms with Gasteiger partial charge in [-0.15, -0.1) is 0 Å². The zero-order valence-electron chi connectivity index (χ0n) is 11.1. The summed E-state index contributed by atoms with van der Waals surface area (Å²) in [4.78, 5) is 2.05. The van der Waals surface area contributed by atoms with Crippen LogP contribution in [0.15, 0.2) is 40.9 Å². The van der Waals surface area contributed by atoms with Crippen molar-refractivity contribution in [1.29, 1.82) is 0 Å². The molecule has 4 heteroatoms. The Balaban J connectivity index is 2.09. The summed E-state index contributed by atoms with van der Waals surface area (Å²) in [6.45, 7) is 1.16. The number of nitrogens with two attached hydrogens (primary N) is 1. The molecule has 0 saturated heterocycles. The van der Waals surface area contributed by atoms with Crippen LogP contribution in [0.2, 0.25) is 0 Å². The second kappa shape index (κ2) is 5.54. The molecule has 1 heterocycles. The number of fused-ring (bicyclic) bond motifs is 1. The van der Waals surface area contributed by atoms with Gasteiger partial charge in [0.25, 0.3) is 0 Å². The molecule has 0 unspecified atom stereocenters. The molecule has 0 saturated carbocycles. The van der Waals surface area contributed by atoms with Gasteiger partial charge in [0.1, 0.15) is 0 Å². The number of nitrogens with zero attached hydrogens (tertiary/aromatic N) is 1. The zero-order valence-corrected chi connectivity index (χ0v) is 12.7. The van der Waals surface area contributed by atoms with Crippen molar-refractivity contribution in [2.45, 2.75) is 19.4 Å². The Morgan fingerprint density at radius 3 is 2.75 bits per heavy atom. The molecular formula is C16H16BrFN2. The minimum Gasteiger partial charge on any atom is -0.339 e. The van der Waals surface area contributed by atoms with Crippen LogP contribution in [-0.4, -0.2) is 6.54 Å². The molecule has 0 atom stereocenters. The molecule has 0 spiro atoms. The maximum Gasteiger partial charge on any atom is 0.161 e. The van der Waals surface area contributed by atoms with Gasteiger partial charge in [-0.25, -0.2) is 4.39 Å². The highest BCUT2D eigenvalue weighted by molar-refractivity contribution is 9.10. The first-order valence-corrected chi connectivity index (χ1v) is 7.54. The van der Waals surface area contributed by atoms with Crippen LogP contribution in [0.25, 0.3) is 0 Å². The number of hydrogen-bond donors (Lipinski definition) is 1. The van der Waals surface area contributed by atoms with Gasteiger partial charge in [0.15, 0.2) is 5.82 Å². The molecular weight excluding hydrogens is 319 g/mol. The fraction of sp³-hybridized carbons (Fsp3) is 0.250. The lowest BCUT2D eigenvalue weighted by Crippen LogP contribution is -2.25. The Kier molecular flexibility index (Phi) is 3.76. The minimum atomic E-state index is -0.232. The highest BCUT2D eigenvalue weighted by atomic mass is 79.9. The normalized spacial score (nSPS) is 14.2. The predicted molar refractivity (Wildman–Crippen MR) is 83.8 cm³/mol. The summed E-state index contributed by atoms with van der Waals surface area (Å²) in [6.07, 6.45) is 2.09. The number of para-hydroxylation sites is 1. The van der Waals surface area contributed by atoms with Crippen molar-refractivity contribution in [3.63, 3.8) is 0 Å². The Bertz CT molecular complexity index is 642. The molecule has 104 valence electrons. The van der Waals surface area contributed by atoms with Gasteiger partial charge in [-0.1, -0.05) is 24.3 Å². The summed E-state index contributed by atoms with van der Waals surface area (Å²) in [5.41, 5.74) is 9.39. The van der Waals surface area contributed by atoms with Gasteiger partial charge in [-0.3, -0.25) is 0 Å². The number of hydrogen-bond acceptors (Lipinski definition) is 2. The third-order valence-electron chi connectivity index (χ3n) is 3.76. The van der Waals surface area contributed by atoms with E-state index in [9.17, 15) is 4.39 Å². The SMILES string of the molecule is NCc1ccc(N2CCCc3ccccc32)c(F)c1Br. The molecule has 2 N–H and O–H groups in total. The quantitative estimate of drug-likeness (QED) is 0.894. The van der Waals surface area contributed by atoms with Crippen LogP contribution in [0.4, 0.5) is 15.8 Å². The van der Waals surface area contributed by atoms with E-state index in [0.29, 0.717) is 16.7 Å². The summed E-state index contributed by atoms with van der Waals surface area (Å²) >= 11 is 3.32. The van der Waals surface area contributed by atoms with Crippen molar-refractivity contribution in [3.8, 4) is 0 Å². The van der Waals surface area contributed by atoms with E-state index in [0.717, 1.165) is 30.6 Å². The van der Waals surface area contributed by atoms with E-state index >= 15 is 0 Å². The monoisotopic (exact) mass is 334 g/mol. The highest BCUT2D eigenvalue weighted by Gasteiger charge is 2.22. The van der Waals surface area contributed by atoms with Crippen LogP contribution in [0.1, 0.15) is 17.5 Å². The summed E-state index contributed by atoms with van der Waals surface area (Å²) < 4.78 is 15.1. The zero-order chi connectivity index (χ0) is 14.1. The van der Waals surface area contributed by atoms with Crippen LogP contribution in [-0.2, 0) is 13.0 Å². The van der Waals surface area contributed by atoms with E-state index in [-0.39, 0.29) is 5.82 Å². The van der Waals surface area contributed by atoms with Gasteiger partial charge < -0.3 is 10.6 Å². The highest BCUT2D eigenvalue weighted by Crippen LogP contribution is 2.37. The molecule has 2 aromatic carbocycles. The largest absolute Gasteiger partial charge is 0.339 e. The van der Waals surface area contributed by atoms with Gasteiger partial charge >= 0.3 is 0 Å². The smallest absolute Gasteiger partial charge is 0.161 e. The standard InChI is InChI=1S/C16H16BrFN2/c17-15-12(10-19)7-8-14(16(15)18)20-9-3-5-11-4-1-2-6-13(11)20/h1-2,4,6-8H,3,5,9-10,19H2. The Morgan fingerprint density at radius 1 is 1.15 bits per heavy atom. The summed E-state index contributed by atoms with van der Waals surface area (Å²) in [5, 5.41) is 0. The van der Waals surface area contributed by atoms with Gasteiger partial charge in [0.2, 0.25) is 0 Å². The lowest BCUT2D eigenvalue weighted by Gasteiger charge is -2.32. The third-order valence-corrected chi connectivity index (χ3v) is 4.62. The van der Waals surface area contributed by atoms with Crippen molar-refractivity contribution in [3.05, 3.63) is 57.8 Å². The number of anilines is 2. The van der Waals surface area contributed by atoms with E-state index in [1.165, 1.54) is 5.56 Å². The first-order chi connectivity index (χ1) is 9.72. The van der Waals surface area contributed by atoms with E-state index in [1.807, 2.05) is 24.3 Å². The first kappa shape index (κ1) is 13.6. The molecule has 2 aromatic rings. The van der Waals surface area contributed by atoms with E-state index < -0.39 is 0 Å². The van der Waals surface area contributed by atoms with Crippen LogP contribution < -0.4 is 10.6 Å². The van der Waals surface area contributed by atoms with Crippen LogP contribution >= 0.6 is 15.9 Å². The summed E-state index contributed by atoms with van der Waals surface area (Å²) in [5.74, 6) is -0.232. The van der Waals surface area contributed by atoms with Crippen molar-refractivity contribution in [2.24, 2.45) is 5.73 Å². The number of benzene rings is 2. The Labute approximate surface area is 126 Å². The van der Waals surface area contributed by atoms with Gasteiger partial charge in [-0.05, 0) is 52.0 Å². The molecule has 1 aliphatic heterocycles. The molecule has 1 aliphatic rings. The molecule has 2 nitrogen and oxygen atoms in total.